The highest BCUT2D eigenvalue weighted by molar-refractivity contribution is 7.15. The molecular weight excluding hydrogens is 261 g/mol. The Hall–Kier alpha value is -1.56. The van der Waals surface area contributed by atoms with Gasteiger partial charge in [0, 0.05) is 18.4 Å². The maximum absolute atomic E-state index is 12.5. The Morgan fingerprint density at radius 1 is 1.28 bits per heavy atom. The Balaban J connectivity index is 2.06. The number of rotatable bonds is 1. The van der Waals surface area contributed by atoms with Gasteiger partial charge in [0.25, 0.3) is 0 Å². The van der Waals surface area contributed by atoms with Gasteiger partial charge in [-0.3, -0.25) is 0 Å². The van der Waals surface area contributed by atoms with Gasteiger partial charge in [-0.05, 0) is 23.6 Å². The van der Waals surface area contributed by atoms with Crippen molar-refractivity contribution in [3.8, 4) is 10.4 Å². The van der Waals surface area contributed by atoms with Crippen LogP contribution in [0.5, 0.6) is 0 Å². The fraction of sp³-hybridized carbons (Fsp3) is 0.250. The van der Waals surface area contributed by atoms with Gasteiger partial charge in [0.05, 0.1) is 4.88 Å². The lowest BCUT2D eigenvalue weighted by molar-refractivity contribution is -0.137. The number of alkyl halides is 3. The van der Waals surface area contributed by atoms with Crippen LogP contribution in [0.1, 0.15) is 10.6 Å². The number of fused-ring (bicyclic) bond motifs is 1. The van der Waals surface area contributed by atoms with E-state index >= 15 is 0 Å². The summed E-state index contributed by atoms with van der Waals surface area (Å²) in [6.45, 7) is 0.831. The van der Waals surface area contributed by atoms with E-state index in [2.05, 4.69) is 10.3 Å². The van der Waals surface area contributed by atoms with Crippen molar-refractivity contribution in [3.05, 3.63) is 35.0 Å². The standard InChI is InChI=1S/C12H9F3N2S/c13-12(14,15)11-17-6-10(18-11)8-2-1-3-9-7(8)4-5-16-9/h1-3,6,16H,4-5H2. The molecule has 0 saturated carbocycles. The molecule has 0 atom stereocenters. The van der Waals surface area contributed by atoms with Crippen LogP contribution in [0.3, 0.4) is 0 Å². The molecule has 18 heavy (non-hydrogen) atoms. The van der Waals surface area contributed by atoms with E-state index in [9.17, 15) is 13.2 Å². The summed E-state index contributed by atoms with van der Waals surface area (Å²) in [5.74, 6) is 0. The minimum atomic E-state index is -4.36. The van der Waals surface area contributed by atoms with Crippen LogP contribution in [0.2, 0.25) is 0 Å². The molecule has 0 amide bonds. The Kier molecular flexibility index (Phi) is 2.55. The number of anilines is 1. The first-order valence-electron chi connectivity index (χ1n) is 5.45. The number of hydrogen-bond donors (Lipinski definition) is 1. The Labute approximate surface area is 105 Å². The maximum Gasteiger partial charge on any atom is 0.443 e. The molecule has 2 nitrogen and oxygen atoms in total. The average molecular weight is 270 g/mol. The minimum Gasteiger partial charge on any atom is -0.384 e. The SMILES string of the molecule is FC(F)(F)c1ncc(-c2cccc3c2CCN3)s1. The van der Waals surface area contributed by atoms with E-state index in [1.165, 1.54) is 6.20 Å². The Morgan fingerprint density at radius 3 is 2.83 bits per heavy atom. The molecule has 0 radical (unpaired) electrons. The lowest BCUT2D eigenvalue weighted by Crippen LogP contribution is -2.02. The first-order chi connectivity index (χ1) is 8.55. The number of hydrogen-bond acceptors (Lipinski definition) is 3. The zero-order valence-electron chi connectivity index (χ0n) is 9.21. The molecule has 6 heteroatoms. The van der Waals surface area contributed by atoms with Crippen LogP contribution in [0.25, 0.3) is 10.4 Å². The van der Waals surface area contributed by atoms with E-state index < -0.39 is 11.2 Å². The molecule has 0 saturated heterocycles. The van der Waals surface area contributed by atoms with Gasteiger partial charge in [0.1, 0.15) is 0 Å². The molecule has 0 unspecified atom stereocenters. The molecule has 2 aromatic rings. The Morgan fingerprint density at radius 2 is 2.11 bits per heavy atom. The van der Waals surface area contributed by atoms with E-state index in [1.54, 1.807) is 0 Å². The quantitative estimate of drug-likeness (QED) is 0.852. The van der Waals surface area contributed by atoms with Crippen LogP contribution in [-0.4, -0.2) is 11.5 Å². The third-order valence-electron chi connectivity index (χ3n) is 2.88. The smallest absolute Gasteiger partial charge is 0.384 e. The van der Waals surface area contributed by atoms with Crippen LogP contribution >= 0.6 is 11.3 Å². The average Bonchev–Trinajstić information content (AvgIpc) is 2.96. The highest BCUT2D eigenvalue weighted by Gasteiger charge is 2.34. The fourth-order valence-electron chi connectivity index (χ4n) is 2.10. The first-order valence-corrected chi connectivity index (χ1v) is 6.26. The van der Waals surface area contributed by atoms with Gasteiger partial charge >= 0.3 is 6.18 Å². The first kappa shape index (κ1) is 11.5. The third kappa shape index (κ3) is 1.86. The molecule has 1 aromatic heterocycles. The van der Waals surface area contributed by atoms with E-state index in [0.29, 0.717) is 16.2 Å². The summed E-state index contributed by atoms with van der Waals surface area (Å²) >= 11 is 0.695. The summed E-state index contributed by atoms with van der Waals surface area (Å²) in [6.07, 6.45) is -2.22. The van der Waals surface area contributed by atoms with Crippen molar-refractivity contribution in [1.82, 2.24) is 4.98 Å². The van der Waals surface area contributed by atoms with Gasteiger partial charge in [0.2, 0.25) is 0 Å². The van der Waals surface area contributed by atoms with Gasteiger partial charge in [-0.25, -0.2) is 4.98 Å². The Bertz CT molecular complexity index is 589. The molecule has 2 heterocycles. The number of thiazole rings is 1. The normalized spacial score (nSPS) is 14.4. The topological polar surface area (TPSA) is 24.9 Å². The summed E-state index contributed by atoms with van der Waals surface area (Å²) in [5.41, 5.74) is 2.94. The third-order valence-corrected chi connectivity index (χ3v) is 3.96. The van der Waals surface area contributed by atoms with Crippen LogP contribution in [0, 0.1) is 0 Å². The van der Waals surface area contributed by atoms with E-state index in [0.717, 1.165) is 29.8 Å². The van der Waals surface area contributed by atoms with Crippen LogP contribution < -0.4 is 5.32 Å². The molecular formula is C12H9F3N2S. The predicted molar refractivity (Wildman–Crippen MR) is 64.7 cm³/mol. The van der Waals surface area contributed by atoms with Crippen LogP contribution in [0.4, 0.5) is 18.9 Å². The van der Waals surface area contributed by atoms with Gasteiger partial charge in [0.15, 0.2) is 5.01 Å². The van der Waals surface area contributed by atoms with Crippen molar-refractivity contribution in [2.45, 2.75) is 12.6 Å². The van der Waals surface area contributed by atoms with E-state index in [-0.39, 0.29) is 0 Å². The largest absolute Gasteiger partial charge is 0.443 e. The zero-order valence-corrected chi connectivity index (χ0v) is 10.0. The fourth-order valence-corrected chi connectivity index (χ4v) is 2.94. The second-order valence-corrected chi connectivity index (χ2v) is 5.07. The van der Waals surface area contributed by atoms with Crippen molar-refractivity contribution in [2.75, 3.05) is 11.9 Å². The molecule has 1 aliphatic heterocycles. The lowest BCUT2D eigenvalue weighted by Gasteiger charge is -2.05. The number of nitrogens with one attached hydrogen (secondary N) is 1. The van der Waals surface area contributed by atoms with Gasteiger partial charge in [-0.1, -0.05) is 12.1 Å². The summed E-state index contributed by atoms with van der Waals surface area (Å²) in [5, 5.41) is 2.42. The van der Waals surface area contributed by atoms with Gasteiger partial charge < -0.3 is 5.32 Å². The predicted octanol–water partition coefficient (Wildman–Crippen LogP) is 3.80. The number of aromatic nitrogens is 1. The molecule has 1 aromatic carbocycles. The summed E-state index contributed by atoms with van der Waals surface area (Å²) in [7, 11) is 0. The molecule has 3 rings (SSSR count). The van der Waals surface area contributed by atoms with Crippen molar-refractivity contribution in [3.63, 3.8) is 0 Å². The highest BCUT2D eigenvalue weighted by Crippen LogP contribution is 2.39. The van der Waals surface area contributed by atoms with E-state index in [4.69, 9.17) is 0 Å². The number of nitrogens with zero attached hydrogens (tertiary/aromatic N) is 1. The minimum absolute atomic E-state index is 0.572. The van der Waals surface area contributed by atoms with Crippen molar-refractivity contribution >= 4 is 17.0 Å². The van der Waals surface area contributed by atoms with Gasteiger partial charge in [-0.2, -0.15) is 13.2 Å². The zero-order chi connectivity index (χ0) is 12.8. The molecule has 0 fully saturated rings. The maximum atomic E-state index is 12.5. The van der Waals surface area contributed by atoms with Crippen molar-refractivity contribution in [2.24, 2.45) is 0 Å². The van der Waals surface area contributed by atoms with Crippen molar-refractivity contribution in [1.29, 1.82) is 0 Å². The highest BCUT2D eigenvalue weighted by atomic mass is 32.1. The molecule has 0 bridgehead atoms. The number of halogens is 3. The molecule has 1 N–H and O–H groups in total. The monoisotopic (exact) mass is 270 g/mol. The number of benzene rings is 1. The second kappa shape index (κ2) is 3.98. The molecule has 1 aliphatic rings. The molecule has 94 valence electrons. The van der Waals surface area contributed by atoms with Crippen LogP contribution in [0.15, 0.2) is 24.4 Å². The second-order valence-electron chi connectivity index (χ2n) is 4.04. The van der Waals surface area contributed by atoms with E-state index in [1.807, 2.05) is 18.2 Å². The van der Waals surface area contributed by atoms with Crippen LogP contribution in [-0.2, 0) is 12.6 Å². The van der Waals surface area contributed by atoms with Crippen molar-refractivity contribution < 1.29 is 13.2 Å². The molecule has 0 aliphatic carbocycles. The molecule has 0 spiro atoms. The summed E-state index contributed by atoms with van der Waals surface area (Å²) < 4.78 is 37.6. The van der Waals surface area contributed by atoms with Gasteiger partial charge in [-0.15, -0.1) is 11.3 Å². The summed E-state index contributed by atoms with van der Waals surface area (Å²) in [4.78, 5) is 4.03. The summed E-state index contributed by atoms with van der Waals surface area (Å²) in [6, 6.07) is 5.64. The lowest BCUT2D eigenvalue weighted by atomic mass is 10.0.